The second-order valence-electron chi connectivity index (χ2n) is 5.68. The zero-order valence-electron chi connectivity index (χ0n) is 12.9. The average molecular weight is 312 g/mol. The molecule has 6 heteroatoms. The SMILES string of the molecule is O=C(Cn1cccn1)NC(CN1CCCC1=O)c1ccccc1. The van der Waals surface area contributed by atoms with Gasteiger partial charge in [-0.2, -0.15) is 5.10 Å². The van der Waals surface area contributed by atoms with Crippen molar-refractivity contribution in [3.05, 3.63) is 54.4 Å². The van der Waals surface area contributed by atoms with E-state index in [0.717, 1.165) is 18.5 Å². The Hall–Kier alpha value is -2.63. The first-order valence-electron chi connectivity index (χ1n) is 7.82. The summed E-state index contributed by atoms with van der Waals surface area (Å²) in [6.07, 6.45) is 4.89. The molecule has 1 N–H and O–H groups in total. The number of hydrogen-bond donors (Lipinski definition) is 1. The van der Waals surface area contributed by atoms with Crippen LogP contribution < -0.4 is 5.32 Å². The van der Waals surface area contributed by atoms with Crippen LogP contribution in [0.15, 0.2) is 48.8 Å². The minimum absolute atomic E-state index is 0.116. The van der Waals surface area contributed by atoms with Crippen molar-refractivity contribution in [2.75, 3.05) is 13.1 Å². The molecule has 1 aliphatic heterocycles. The highest BCUT2D eigenvalue weighted by atomic mass is 16.2. The largest absolute Gasteiger partial charge is 0.346 e. The minimum Gasteiger partial charge on any atom is -0.346 e. The van der Waals surface area contributed by atoms with E-state index in [1.807, 2.05) is 35.2 Å². The Kier molecular flexibility index (Phi) is 4.71. The van der Waals surface area contributed by atoms with E-state index in [1.54, 1.807) is 23.1 Å². The molecule has 1 atom stereocenters. The molecule has 2 aromatic rings. The first-order valence-corrected chi connectivity index (χ1v) is 7.82. The van der Waals surface area contributed by atoms with Gasteiger partial charge in [-0.25, -0.2) is 0 Å². The Balaban J connectivity index is 1.69. The lowest BCUT2D eigenvalue weighted by Gasteiger charge is -2.25. The van der Waals surface area contributed by atoms with Crippen LogP contribution >= 0.6 is 0 Å². The van der Waals surface area contributed by atoms with Crippen LogP contribution in [-0.2, 0) is 16.1 Å². The summed E-state index contributed by atoms with van der Waals surface area (Å²) in [7, 11) is 0. The number of nitrogens with one attached hydrogen (secondary N) is 1. The summed E-state index contributed by atoms with van der Waals surface area (Å²) in [5.41, 5.74) is 1.00. The van der Waals surface area contributed by atoms with Crippen LogP contribution in [0, 0.1) is 0 Å². The summed E-state index contributed by atoms with van der Waals surface area (Å²) in [5, 5.41) is 7.07. The van der Waals surface area contributed by atoms with Crippen LogP contribution in [0.3, 0.4) is 0 Å². The maximum Gasteiger partial charge on any atom is 0.242 e. The molecular weight excluding hydrogens is 292 g/mol. The number of aromatic nitrogens is 2. The Labute approximate surface area is 135 Å². The monoisotopic (exact) mass is 312 g/mol. The second-order valence-corrected chi connectivity index (χ2v) is 5.68. The Morgan fingerprint density at radius 1 is 1.26 bits per heavy atom. The number of rotatable bonds is 6. The third-order valence-electron chi connectivity index (χ3n) is 3.98. The molecule has 0 spiro atoms. The van der Waals surface area contributed by atoms with E-state index in [0.29, 0.717) is 13.0 Å². The van der Waals surface area contributed by atoms with Gasteiger partial charge in [-0.15, -0.1) is 0 Å². The molecule has 2 amide bonds. The lowest BCUT2D eigenvalue weighted by molar-refractivity contribution is -0.129. The highest BCUT2D eigenvalue weighted by Gasteiger charge is 2.25. The maximum absolute atomic E-state index is 12.3. The Morgan fingerprint density at radius 2 is 2.09 bits per heavy atom. The van der Waals surface area contributed by atoms with Crippen molar-refractivity contribution >= 4 is 11.8 Å². The lowest BCUT2D eigenvalue weighted by atomic mass is 10.1. The summed E-state index contributed by atoms with van der Waals surface area (Å²) in [5.74, 6) is 0.0430. The van der Waals surface area contributed by atoms with E-state index in [2.05, 4.69) is 10.4 Å². The molecule has 2 heterocycles. The summed E-state index contributed by atoms with van der Waals surface area (Å²) < 4.78 is 1.58. The number of carbonyl (C=O) groups excluding carboxylic acids is 2. The van der Waals surface area contributed by atoms with E-state index < -0.39 is 0 Å². The summed E-state index contributed by atoms with van der Waals surface area (Å²) in [4.78, 5) is 26.0. The molecule has 23 heavy (non-hydrogen) atoms. The van der Waals surface area contributed by atoms with E-state index in [1.165, 1.54) is 0 Å². The van der Waals surface area contributed by atoms with Gasteiger partial charge in [0, 0.05) is 31.9 Å². The quantitative estimate of drug-likeness (QED) is 0.876. The molecule has 0 aliphatic carbocycles. The topological polar surface area (TPSA) is 67.2 Å². The average Bonchev–Trinajstić information content (AvgIpc) is 3.20. The van der Waals surface area contributed by atoms with Gasteiger partial charge in [-0.3, -0.25) is 14.3 Å². The van der Waals surface area contributed by atoms with Crippen LogP contribution in [0.1, 0.15) is 24.4 Å². The fraction of sp³-hybridized carbons (Fsp3) is 0.353. The predicted octanol–water partition coefficient (Wildman–Crippen LogP) is 1.36. The van der Waals surface area contributed by atoms with Gasteiger partial charge in [0.25, 0.3) is 0 Å². The molecule has 6 nitrogen and oxygen atoms in total. The highest BCUT2D eigenvalue weighted by molar-refractivity contribution is 5.79. The van der Waals surface area contributed by atoms with Crippen molar-refractivity contribution < 1.29 is 9.59 Å². The Bertz CT molecular complexity index is 654. The smallest absolute Gasteiger partial charge is 0.242 e. The fourth-order valence-electron chi connectivity index (χ4n) is 2.82. The molecule has 1 unspecified atom stereocenters. The maximum atomic E-state index is 12.3. The van der Waals surface area contributed by atoms with E-state index in [4.69, 9.17) is 0 Å². The molecule has 0 radical (unpaired) electrons. The predicted molar refractivity (Wildman–Crippen MR) is 85.4 cm³/mol. The highest BCUT2D eigenvalue weighted by Crippen LogP contribution is 2.18. The number of hydrogen-bond acceptors (Lipinski definition) is 3. The van der Waals surface area contributed by atoms with Gasteiger partial charge in [0.15, 0.2) is 0 Å². The number of benzene rings is 1. The number of amides is 2. The van der Waals surface area contributed by atoms with Gasteiger partial charge in [0.2, 0.25) is 11.8 Å². The van der Waals surface area contributed by atoms with Crippen molar-refractivity contribution in [1.29, 1.82) is 0 Å². The van der Waals surface area contributed by atoms with Crippen molar-refractivity contribution in [3.8, 4) is 0 Å². The van der Waals surface area contributed by atoms with Crippen LogP contribution in [-0.4, -0.2) is 39.6 Å². The third-order valence-corrected chi connectivity index (χ3v) is 3.98. The van der Waals surface area contributed by atoms with Crippen molar-refractivity contribution in [1.82, 2.24) is 20.0 Å². The molecule has 0 bridgehead atoms. The number of carbonyl (C=O) groups is 2. The van der Waals surface area contributed by atoms with Crippen LogP contribution in [0.4, 0.5) is 0 Å². The summed E-state index contributed by atoms with van der Waals surface area (Å²) >= 11 is 0. The zero-order chi connectivity index (χ0) is 16.1. The molecular formula is C17H20N4O2. The molecule has 1 aromatic carbocycles. The van der Waals surface area contributed by atoms with E-state index >= 15 is 0 Å². The van der Waals surface area contributed by atoms with Crippen molar-refractivity contribution in [2.45, 2.75) is 25.4 Å². The molecule has 1 fully saturated rings. The third kappa shape index (κ3) is 3.97. The lowest BCUT2D eigenvalue weighted by Crippen LogP contribution is -2.39. The van der Waals surface area contributed by atoms with Crippen LogP contribution in [0.25, 0.3) is 0 Å². The standard InChI is InChI=1S/C17H20N4O2/c22-16(13-21-11-5-9-18-21)19-15(14-6-2-1-3-7-14)12-20-10-4-8-17(20)23/h1-3,5-7,9,11,15H,4,8,10,12-13H2,(H,19,22). The van der Waals surface area contributed by atoms with Gasteiger partial charge < -0.3 is 10.2 Å². The first kappa shape index (κ1) is 15.3. The summed E-state index contributed by atoms with van der Waals surface area (Å²) in [6.45, 7) is 1.44. The zero-order valence-corrected chi connectivity index (χ0v) is 12.9. The molecule has 1 saturated heterocycles. The van der Waals surface area contributed by atoms with Gasteiger partial charge in [-0.05, 0) is 18.1 Å². The second kappa shape index (κ2) is 7.09. The normalized spacial score (nSPS) is 15.7. The van der Waals surface area contributed by atoms with Crippen LogP contribution in [0.2, 0.25) is 0 Å². The molecule has 1 aliphatic rings. The minimum atomic E-state index is -0.207. The van der Waals surface area contributed by atoms with Gasteiger partial charge >= 0.3 is 0 Å². The van der Waals surface area contributed by atoms with E-state index in [9.17, 15) is 9.59 Å². The molecule has 1 aromatic heterocycles. The van der Waals surface area contributed by atoms with Gasteiger partial charge in [0.05, 0.1) is 6.04 Å². The van der Waals surface area contributed by atoms with Gasteiger partial charge in [0.1, 0.15) is 6.54 Å². The Morgan fingerprint density at radius 3 is 2.74 bits per heavy atom. The van der Waals surface area contributed by atoms with Crippen molar-refractivity contribution in [2.24, 2.45) is 0 Å². The molecule has 0 saturated carbocycles. The van der Waals surface area contributed by atoms with Gasteiger partial charge in [-0.1, -0.05) is 30.3 Å². The molecule has 120 valence electrons. The first-order chi connectivity index (χ1) is 11.2. The summed E-state index contributed by atoms with van der Waals surface area (Å²) in [6, 6.07) is 11.3. The van der Waals surface area contributed by atoms with Crippen LogP contribution in [0.5, 0.6) is 0 Å². The molecule has 3 rings (SSSR count). The number of likely N-dealkylation sites (tertiary alicyclic amines) is 1. The van der Waals surface area contributed by atoms with E-state index in [-0.39, 0.29) is 24.4 Å². The number of nitrogens with zero attached hydrogens (tertiary/aromatic N) is 3. The fourth-order valence-corrected chi connectivity index (χ4v) is 2.82. The van der Waals surface area contributed by atoms with Crippen molar-refractivity contribution in [3.63, 3.8) is 0 Å².